The van der Waals surface area contributed by atoms with Crippen molar-refractivity contribution in [1.29, 1.82) is 0 Å². The lowest BCUT2D eigenvalue weighted by molar-refractivity contribution is 0.288. The van der Waals surface area contributed by atoms with E-state index in [0.29, 0.717) is 13.2 Å². The summed E-state index contributed by atoms with van der Waals surface area (Å²) >= 11 is 0. The van der Waals surface area contributed by atoms with Crippen LogP contribution in [0.15, 0.2) is 47.5 Å². The summed E-state index contributed by atoms with van der Waals surface area (Å²) in [6.45, 7) is 5.11. The largest absolute Gasteiger partial charge is 0.497 e. The average molecular weight is 299 g/mol. The van der Waals surface area contributed by atoms with Crippen LogP contribution in [0.1, 0.15) is 19.4 Å². The second kappa shape index (κ2) is 8.08. The van der Waals surface area contributed by atoms with Crippen molar-refractivity contribution >= 4 is 11.9 Å². The van der Waals surface area contributed by atoms with Crippen LogP contribution in [0.5, 0.6) is 17.2 Å². The molecule has 0 radical (unpaired) electrons. The first-order chi connectivity index (χ1) is 10.8. The third-order valence-electron chi connectivity index (χ3n) is 3.00. The van der Waals surface area contributed by atoms with Crippen LogP contribution < -0.4 is 14.2 Å². The minimum Gasteiger partial charge on any atom is -0.497 e. The molecule has 116 valence electrons. The van der Waals surface area contributed by atoms with Gasteiger partial charge in [0.25, 0.3) is 0 Å². The minimum atomic E-state index is 0.596. The molecule has 0 heterocycles. The van der Waals surface area contributed by atoms with E-state index in [-0.39, 0.29) is 0 Å². The molecule has 2 aromatic rings. The van der Waals surface area contributed by atoms with Crippen molar-refractivity contribution < 1.29 is 14.2 Å². The predicted molar refractivity (Wildman–Crippen MR) is 89.0 cm³/mol. The topological polar surface area (TPSA) is 40.0 Å². The highest BCUT2D eigenvalue weighted by Crippen LogP contribution is 2.28. The maximum absolute atomic E-state index is 5.61. The molecule has 0 fully saturated rings. The van der Waals surface area contributed by atoms with Crippen molar-refractivity contribution in [3.05, 3.63) is 48.0 Å². The lowest BCUT2D eigenvalue weighted by Crippen LogP contribution is -1.99. The second-order valence-electron chi connectivity index (χ2n) is 4.53. The summed E-state index contributed by atoms with van der Waals surface area (Å²) in [5.41, 5.74) is 1.83. The Hall–Kier alpha value is -2.49. The molecule has 0 unspecified atom stereocenters. The van der Waals surface area contributed by atoms with Gasteiger partial charge >= 0.3 is 0 Å². The maximum Gasteiger partial charge on any atom is 0.161 e. The second-order valence-corrected chi connectivity index (χ2v) is 4.53. The SMILES string of the molecule is CCOc1ccc(C=Nc2ccc(OC)cc2)cc1OCC. The molecular formula is C18H21NO3. The number of ether oxygens (including phenoxy) is 3. The third-order valence-corrected chi connectivity index (χ3v) is 3.00. The quantitative estimate of drug-likeness (QED) is 0.718. The fourth-order valence-corrected chi connectivity index (χ4v) is 1.97. The van der Waals surface area contributed by atoms with Crippen LogP contribution in [0.25, 0.3) is 0 Å². The van der Waals surface area contributed by atoms with Crippen LogP contribution in [0.4, 0.5) is 5.69 Å². The Bertz CT molecular complexity index is 621. The Kier molecular flexibility index (Phi) is 5.83. The summed E-state index contributed by atoms with van der Waals surface area (Å²) in [5, 5.41) is 0. The molecule has 0 aliphatic heterocycles. The third kappa shape index (κ3) is 4.25. The minimum absolute atomic E-state index is 0.596. The first-order valence-electron chi connectivity index (χ1n) is 7.34. The van der Waals surface area contributed by atoms with Gasteiger partial charge in [-0.2, -0.15) is 0 Å². The van der Waals surface area contributed by atoms with Gasteiger partial charge in [0.05, 0.1) is 26.0 Å². The van der Waals surface area contributed by atoms with E-state index >= 15 is 0 Å². The van der Waals surface area contributed by atoms with Crippen LogP contribution in [0, 0.1) is 0 Å². The molecule has 4 nitrogen and oxygen atoms in total. The molecule has 0 spiro atoms. The standard InChI is InChI=1S/C18H21NO3/c1-4-21-17-11-6-14(12-18(17)22-5-2)13-19-15-7-9-16(20-3)10-8-15/h6-13H,4-5H2,1-3H3. The van der Waals surface area contributed by atoms with Crippen molar-refractivity contribution in [2.75, 3.05) is 20.3 Å². The highest BCUT2D eigenvalue weighted by Gasteiger charge is 2.05. The average Bonchev–Trinajstić information content (AvgIpc) is 2.56. The number of aliphatic imine (C=N–C) groups is 1. The number of rotatable bonds is 7. The molecular weight excluding hydrogens is 278 g/mol. The van der Waals surface area contributed by atoms with Gasteiger partial charge in [-0.3, -0.25) is 4.99 Å². The van der Waals surface area contributed by atoms with Gasteiger partial charge in [0, 0.05) is 6.21 Å². The Balaban J connectivity index is 2.17. The van der Waals surface area contributed by atoms with Gasteiger partial charge in [0.1, 0.15) is 5.75 Å². The Morgan fingerprint density at radius 2 is 1.59 bits per heavy atom. The van der Waals surface area contributed by atoms with Crippen LogP contribution in [-0.4, -0.2) is 26.5 Å². The molecule has 0 aliphatic carbocycles. The van der Waals surface area contributed by atoms with E-state index in [9.17, 15) is 0 Å². The summed E-state index contributed by atoms with van der Waals surface area (Å²) in [4.78, 5) is 4.45. The molecule has 2 aromatic carbocycles. The van der Waals surface area contributed by atoms with Crippen LogP contribution >= 0.6 is 0 Å². The van der Waals surface area contributed by atoms with Gasteiger partial charge < -0.3 is 14.2 Å². The van der Waals surface area contributed by atoms with Crippen LogP contribution in [0.2, 0.25) is 0 Å². The first kappa shape index (κ1) is 15.9. The van der Waals surface area contributed by atoms with Crippen molar-refractivity contribution in [3.8, 4) is 17.2 Å². The summed E-state index contributed by atoms with van der Waals surface area (Å²) in [6, 6.07) is 13.4. The van der Waals surface area contributed by atoms with E-state index in [1.807, 2.05) is 56.3 Å². The number of benzene rings is 2. The summed E-state index contributed by atoms with van der Waals surface area (Å²) in [6.07, 6.45) is 1.81. The van der Waals surface area contributed by atoms with Crippen molar-refractivity contribution in [1.82, 2.24) is 0 Å². The predicted octanol–water partition coefficient (Wildman–Crippen LogP) is 4.24. The van der Waals surface area contributed by atoms with Gasteiger partial charge in [-0.25, -0.2) is 0 Å². The van der Waals surface area contributed by atoms with Gasteiger partial charge in [0.2, 0.25) is 0 Å². The van der Waals surface area contributed by atoms with Gasteiger partial charge in [0.15, 0.2) is 11.5 Å². The normalized spacial score (nSPS) is 10.7. The zero-order valence-corrected chi connectivity index (χ0v) is 13.2. The van der Waals surface area contributed by atoms with E-state index in [2.05, 4.69) is 4.99 Å². The Morgan fingerprint density at radius 1 is 0.909 bits per heavy atom. The van der Waals surface area contributed by atoms with E-state index in [0.717, 1.165) is 28.5 Å². The fourth-order valence-electron chi connectivity index (χ4n) is 1.97. The maximum atomic E-state index is 5.61. The molecule has 0 amide bonds. The summed E-state index contributed by atoms with van der Waals surface area (Å²) in [7, 11) is 1.65. The summed E-state index contributed by atoms with van der Waals surface area (Å²) < 4.78 is 16.3. The molecule has 0 N–H and O–H groups in total. The highest BCUT2D eigenvalue weighted by atomic mass is 16.5. The number of hydrogen-bond acceptors (Lipinski definition) is 4. The van der Waals surface area contributed by atoms with Crippen molar-refractivity contribution in [2.45, 2.75) is 13.8 Å². The van der Waals surface area contributed by atoms with Crippen LogP contribution in [-0.2, 0) is 0 Å². The molecule has 0 atom stereocenters. The molecule has 22 heavy (non-hydrogen) atoms. The van der Waals surface area contributed by atoms with E-state index in [1.165, 1.54) is 0 Å². The smallest absolute Gasteiger partial charge is 0.161 e. The summed E-state index contributed by atoms with van der Waals surface area (Å²) in [5.74, 6) is 2.31. The van der Waals surface area contributed by atoms with Crippen LogP contribution in [0.3, 0.4) is 0 Å². The monoisotopic (exact) mass is 299 g/mol. The molecule has 0 aliphatic rings. The molecule has 4 heteroatoms. The molecule has 0 aromatic heterocycles. The molecule has 0 saturated carbocycles. The lowest BCUT2D eigenvalue weighted by Gasteiger charge is -2.11. The highest BCUT2D eigenvalue weighted by molar-refractivity contribution is 5.83. The van der Waals surface area contributed by atoms with E-state index < -0.39 is 0 Å². The van der Waals surface area contributed by atoms with Gasteiger partial charge in [-0.05, 0) is 61.9 Å². The Labute approximate surface area is 131 Å². The lowest BCUT2D eigenvalue weighted by atomic mass is 10.2. The zero-order valence-electron chi connectivity index (χ0n) is 13.2. The van der Waals surface area contributed by atoms with Crippen molar-refractivity contribution in [2.24, 2.45) is 4.99 Å². The number of methoxy groups -OCH3 is 1. The van der Waals surface area contributed by atoms with E-state index in [1.54, 1.807) is 13.3 Å². The molecule has 0 saturated heterocycles. The van der Waals surface area contributed by atoms with Gasteiger partial charge in [-0.1, -0.05) is 0 Å². The van der Waals surface area contributed by atoms with E-state index in [4.69, 9.17) is 14.2 Å². The van der Waals surface area contributed by atoms with Crippen molar-refractivity contribution in [3.63, 3.8) is 0 Å². The fraction of sp³-hybridized carbons (Fsp3) is 0.278. The van der Waals surface area contributed by atoms with Gasteiger partial charge in [-0.15, -0.1) is 0 Å². The number of nitrogens with zero attached hydrogens (tertiary/aromatic N) is 1. The zero-order chi connectivity index (χ0) is 15.8. The molecule has 2 rings (SSSR count). The Morgan fingerprint density at radius 3 is 2.23 bits per heavy atom. The number of hydrogen-bond donors (Lipinski definition) is 0. The molecule has 0 bridgehead atoms. The first-order valence-corrected chi connectivity index (χ1v) is 7.34.